The van der Waals surface area contributed by atoms with Crippen molar-refractivity contribution >= 4 is 35.8 Å². The van der Waals surface area contributed by atoms with Crippen molar-refractivity contribution in [1.29, 1.82) is 0 Å². The van der Waals surface area contributed by atoms with Gasteiger partial charge in [-0.15, -0.1) is 24.0 Å². The van der Waals surface area contributed by atoms with Gasteiger partial charge in [0.15, 0.2) is 5.96 Å². The molecule has 1 atom stereocenters. The first-order valence-electron chi connectivity index (χ1n) is 8.90. The minimum absolute atomic E-state index is 0. The zero-order valence-electron chi connectivity index (χ0n) is 16.0. The Balaban J connectivity index is 0.00000338. The van der Waals surface area contributed by atoms with Gasteiger partial charge in [0.1, 0.15) is 12.4 Å². The van der Waals surface area contributed by atoms with Crippen molar-refractivity contribution in [3.63, 3.8) is 0 Å². The van der Waals surface area contributed by atoms with Crippen LogP contribution >= 0.6 is 24.0 Å². The Bertz CT molecular complexity index is 630. The van der Waals surface area contributed by atoms with Crippen LogP contribution in [-0.2, 0) is 4.79 Å². The first-order valence-corrected chi connectivity index (χ1v) is 8.90. The third-order valence-corrected chi connectivity index (χ3v) is 4.62. The van der Waals surface area contributed by atoms with Gasteiger partial charge < -0.3 is 15.5 Å². The van der Waals surface area contributed by atoms with Crippen LogP contribution in [0.1, 0.15) is 49.8 Å². The second kappa shape index (κ2) is 10.7. The Labute approximate surface area is 172 Å². The molecule has 1 saturated carbocycles. The Kier molecular flexibility index (Phi) is 9.32. The fourth-order valence-electron chi connectivity index (χ4n) is 2.85. The Morgan fingerprint density at radius 3 is 2.58 bits per heavy atom. The number of halogens is 2. The molecule has 1 unspecified atom stereocenters. The van der Waals surface area contributed by atoms with E-state index in [0.29, 0.717) is 17.6 Å². The minimum atomic E-state index is -0.212. The van der Waals surface area contributed by atoms with Crippen molar-refractivity contribution in [2.24, 2.45) is 4.99 Å². The molecule has 1 fully saturated rings. The molecule has 0 spiro atoms. The van der Waals surface area contributed by atoms with Crippen LogP contribution < -0.4 is 10.6 Å². The third kappa shape index (κ3) is 6.74. The summed E-state index contributed by atoms with van der Waals surface area (Å²) in [6, 6.07) is 5.50. The largest absolute Gasteiger partial charge is 0.354 e. The second-order valence-electron chi connectivity index (χ2n) is 6.95. The molecule has 26 heavy (non-hydrogen) atoms. The number of likely N-dealkylation sites (N-methyl/N-ethyl adjacent to an activating group) is 1. The number of aryl methyl sites for hydroxylation is 1. The minimum Gasteiger partial charge on any atom is -0.354 e. The highest BCUT2D eigenvalue weighted by atomic mass is 127. The van der Waals surface area contributed by atoms with E-state index in [1.54, 1.807) is 33.2 Å². The standard InChI is InChI=1S/C19H29FN4O.HI/c1-13-9-10-15(11-17(13)20)14(2)22-19(21-12-18(25)24(3)4)23-16-7-5-6-8-16;/h9-11,14,16H,5-8,12H2,1-4H3,(H2,21,22,23);1H. The van der Waals surface area contributed by atoms with E-state index < -0.39 is 0 Å². The SMILES string of the molecule is Cc1ccc(C(C)NC(=NCC(=O)N(C)C)NC2CCCC2)cc1F.I. The molecule has 1 aromatic rings. The predicted molar refractivity (Wildman–Crippen MR) is 114 cm³/mol. The number of rotatable bonds is 5. The number of carbonyl (C=O) groups excluding carboxylic acids is 1. The summed E-state index contributed by atoms with van der Waals surface area (Å²) >= 11 is 0. The summed E-state index contributed by atoms with van der Waals surface area (Å²) in [5.41, 5.74) is 1.48. The molecule has 2 N–H and O–H groups in total. The maximum absolute atomic E-state index is 13.8. The van der Waals surface area contributed by atoms with Crippen molar-refractivity contribution in [3.05, 3.63) is 35.1 Å². The van der Waals surface area contributed by atoms with E-state index in [9.17, 15) is 9.18 Å². The number of aliphatic imine (C=N–C) groups is 1. The van der Waals surface area contributed by atoms with Gasteiger partial charge >= 0.3 is 0 Å². The molecule has 2 rings (SSSR count). The van der Waals surface area contributed by atoms with Gasteiger partial charge in [0.25, 0.3) is 0 Å². The lowest BCUT2D eigenvalue weighted by Crippen LogP contribution is -2.44. The first kappa shape index (κ1) is 22.7. The van der Waals surface area contributed by atoms with Crippen LogP contribution in [-0.4, -0.2) is 43.4 Å². The van der Waals surface area contributed by atoms with E-state index >= 15 is 0 Å². The predicted octanol–water partition coefficient (Wildman–Crippen LogP) is 3.38. The van der Waals surface area contributed by atoms with Gasteiger partial charge in [-0.3, -0.25) is 4.79 Å². The summed E-state index contributed by atoms with van der Waals surface area (Å²) in [4.78, 5) is 17.8. The van der Waals surface area contributed by atoms with E-state index in [1.165, 1.54) is 17.7 Å². The highest BCUT2D eigenvalue weighted by Crippen LogP contribution is 2.19. The number of hydrogen-bond acceptors (Lipinski definition) is 2. The summed E-state index contributed by atoms with van der Waals surface area (Å²) in [6.45, 7) is 3.80. The highest BCUT2D eigenvalue weighted by Gasteiger charge is 2.18. The summed E-state index contributed by atoms with van der Waals surface area (Å²) in [7, 11) is 3.43. The molecule has 146 valence electrons. The normalized spacial score (nSPS) is 16.0. The molecular formula is C19H30FIN4O. The molecule has 1 aliphatic rings. The molecule has 5 nitrogen and oxygen atoms in total. The number of amides is 1. The molecule has 1 amide bonds. The maximum Gasteiger partial charge on any atom is 0.243 e. The molecule has 0 aromatic heterocycles. The van der Waals surface area contributed by atoms with Crippen LogP contribution in [0.5, 0.6) is 0 Å². The van der Waals surface area contributed by atoms with Gasteiger partial charge in [-0.1, -0.05) is 25.0 Å². The third-order valence-electron chi connectivity index (χ3n) is 4.62. The van der Waals surface area contributed by atoms with Crippen LogP contribution in [0.2, 0.25) is 0 Å². The summed E-state index contributed by atoms with van der Waals surface area (Å²) in [6.07, 6.45) is 4.63. The van der Waals surface area contributed by atoms with Gasteiger partial charge in [0.05, 0.1) is 6.04 Å². The van der Waals surface area contributed by atoms with Crippen LogP contribution in [0.3, 0.4) is 0 Å². The lowest BCUT2D eigenvalue weighted by atomic mass is 10.1. The molecule has 0 radical (unpaired) electrons. The molecule has 0 saturated heterocycles. The monoisotopic (exact) mass is 476 g/mol. The van der Waals surface area contributed by atoms with E-state index in [4.69, 9.17) is 0 Å². The summed E-state index contributed by atoms with van der Waals surface area (Å²) < 4.78 is 13.8. The fourth-order valence-corrected chi connectivity index (χ4v) is 2.85. The average molecular weight is 476 g/mol. The smallest absolute Gasteiger partial charge is 0.243 e. The zero-order valence-corrected chi connectivity index (χ0v) is 18.3. The average Bonchev–Trinajstić information content (AvgIpc) is 3.07. The van der Waals surface area contributed by atoms with Crippen molar-refractivity contribution < 1.29 is 9.18 Å². The number of hydrogen-bond donors (Lipinski definition) is 2. The van der Waals surface area contributed by atoms with Gasteiger partial charge in [-0.05, 0) is 43.9 Å². The van der Waals surface area contributed by atoms with Crippen LogP contribution in [0.25, 0.3) is 0 Å². The summed E-state index contributed by atoms with van der Waals surface area (Å²) in [5, 5.41) is 6.71. The quantitative estimate of drug-likeness (QED) is 0.389. The van der Waals surface area contributed by atoms with Gasteiger partial charge in [-0.25, -0.2) is 9.38 Å². The number of carbonyl (C=O) groups is 1. The van der Waals surface area contributed by atoms with Crippen molar-refractivity contribution in [3.8, 4) is 0 Å². The lowest BCUT2D eigenvalue weighted by molar-refractivity contribution is -0.127. The fraction of sp³-hybridized carbons (Fsp3) is 0.579. The molecular weight excluding hydrogens is 446 g/mol. The van der Waals surface area contributed by atoms with Gasteiger partial charge in [0, 0.05) is 20.1 Å². The first-order chi connectivity index (χ1) is 11.9. The maximum atomic E-state index is 13.8. The molecule has 0 bridgehead atoms. The number of nitrogens with zero attached hydrogens (tertiary/aromatic N) is 2. The molecule has 0 aliphatic heterocycles. The zero-order chi connectivity index (χ0) is 18.4. The molecule has 1 aromatic carbocycles. The van der Waals surface area contributed by atoms with Crippen molar-refractivity contribution in [1.82, 2.24) is 15.5 Å². The highest BCUT2D eigenvalue weighted by molar-refractivity contribution is 14.0. The van der Waals surface area contributed by atoms with Crippen molar-refractivity contribution in [2.45, 2.75) is 51.6 Å². The molecule has 0 heterocycles. The van der Waals surface area contributed by atoms with Crippen LogP contribution in [0.15, 0.2) is 23.2 Å². The Morgan fingerprint density at radius 1 is 1.35 bits per heavy atom. The topological polar surface area (TPSA) is 56.7 Å². The van der Waals surface area contributed by atoms with Crippen LogP contribution in [0, 0.1) is 12.7 Å². The van der Waals surface area contributed by atoms with E-state index in [-0.39, 0.29) is 48.3 Å². The van der Waals surface area contributed by atoms with Gasteiger partial charge in [0.2, 0.25) is 5.91 Å². The van der Waals surface area contributed by atoms with Crippen LogP contribution in [0.4, 0.5) is 4.39 Å². The number of guanidine groups is 1. The van der Waals surface area contributed by atoms with Gasteiger partial charge in [-0.2, -0.15) is 0 Å². The number of nitrogens with one attached hydrogen (secondary N) is 2. The van der Waals surface area contributed by atoms with E-state index in [1.807, 2.05) is 13.0 Å². The van der Waals surface area contributed by atoms with Crippen molar-refractivity contribution in [2.75, 3.05) is 20.6 Å². The Morgan fingerprint density at radius 2 is 2.00 bits per heavy atom. The lowest BCUT2D eigenvalue weighted by Gasteiger charge is -2.22. The molecule has 7 heteroatoms. The Hall–Kier alpha value is -1.38. The second-order valence-corrected chi connectivity index (χ2v) is 6.95. The van der Waals surface area contributed by atoms with E-state index in [0.717, 1.165) is 18.4 Å². The summed E-state index contributed by atoms with van der Waals surface area (Å²) in [5.74, 6) is 0.341. The van der Waals surface area contributed by atoms with E-state index in [2.05, 4.69) is 15.6 Å². The number of benzene rings is 1. The molecule has 1 aliphatic carbocycles.